The maximum absolute atomic E-state index is 12.5. The summed E-state index contributed by atoms with van der Waals surface area (Å²) in [5.41, 5.74) is 6.15. The van der Waals surface area contributed by atoms with Crippen molar-refractivity contribution in [3.05, 3.63) is 34.9 Å². The van der Waals surface area contributed by atoms with Crippen LogP contribution in [0.3, 0.4) is 0 Å². The van der Waals surface area contributed by atoms with Gasteiger partial charge in [-0.3, -0.25) is 9.59 Å². The van der Waals surface area contributed by atoms with Crippen molar-refractivity contribution in [1.29, 1.82) is 0 Å². The Hall–Kier alpha value is -1.59. The molecule has 1 aromatic rings. The Balaban J connectivity index is 2.01. The van der Waals surface area contributed by atoms with E-state index in [9.17, 15) is 9.59 Å². The number of carbonyl (C=O) groups excluding carboxylic acids is 2. The largest absolute Gasteiger partial charge is 0.341 e. The molecule has 120 valence electrons. The van der Waals surface area contributed by atoms with Crippen LogP contribution in [0.1, 0.15) is 23.7 Å². The van der Waals surface area contributed by atoms with Crippen molar-refractivity contribution >= 4 is 23.4 Å². The van der Waals surface area contributed by atoms with Gasteiger partial charge in [0.2, 0.25) is 5.91 Å². The number of amides is 2. The van der Waals surface area contributed by atoms with Crippen molar-refractivity contribution in [1.82, 2.24) is 9.80 Å². The summed E-state index contributed by atoms with van der Waals surface area (Å²) in [7, 11) is 0. The van der Waals surface area contributed by atoms with Gasteiger partial charge in [-0.2, -0.15) is 0 Å². The van der Waals surface area contributed by atoms with Gasteiger partial charge in [0.15, 0.2) is 0 Å². The van der Waals surface area contributed by atoms with Gasteiger partial charge in [-0.1, -0.05) is 24.6 Å². The highest BCUT2D eigenvalue weighted by Gasteiger charge is 2.24. The molecule has 1 fully saturated rings. The molecule has 6 heteroatoms. The summed E-state index contributed by atoms with van der Waals surface area (Å²) in [6.07, 6.45) is 0.773. The minimum atomic E-state index is -0.171. The zero-order valence-corrected chi connectivity index (χ0v) is 13.6. The molecule has 0 saturated carbocycles. The van der Waals surface area contributed by atoms with Crippen molar-refractivity contribution in [3.63, 3.8) is 0 Å². The van der Waals surface area contributed by atoms with Crippen molar-refractivity contribution in [2.75, 3.05) is 32.7 Å². The van der Waals surface area contributed by atoms with Crippen LogP contribution in [0.15, 0.2) is 24.3 Å². The molecule has 2 rings (SSSR count). The monoisotopic (exact) mass is 323 g/mol. The minimum absolute atomic E-state index is 0.0383. The summed E-state index contributed by atoms with van der Waals surface area (Å²) in [6.45, 7) is 4.58. The van der Waals surface area contributed by atoms with Crippen LogP contribution in [-0.2, 0) is 4.79 Å². The lowest BCUT2D eigenvalue weighted by Gasteiger charge is -2.24. The van der Waals surface area contributed by atoms with Gasteiger partial charge in [0.05, 0.1) is 0 Å². The minimum Gasteiger partial charge on any atom is -0.341 e. The van der Waals surface area contributed by atoms with Gasteiger partial charge in [0.1, 0.15) is 0 Å². The van der Waals surface area contributed by atoms with E-state index in [1.807, 2.05) is 11.8 Å². The van der Waals surface area contributed by atoms with Crippen LogP contribution < -0.4 is 5.73 Å². The summed E-state index contributed by atoms with van der Waals surface area (Å²) in [5, 5.41) is 0.550. The fraction of sp³-hybridized carbons (Fsp3) is 0.500. The highest BCUT2D eigenvalue weighted by atomic mass is 35.5. The molecule has 22 heavy (non-hydrogen) atoms. The molecule has 0 aromatic heterocycles. The second-order valence-electron chi connectivity index (χ2n) is 5.62. The number of benzene rings is 1. The maximum atomic E-state index is 12.5. The average Bonchev–Trinajstić information content (AvgIpc) is 2.78. The van der Waals surface area contributed by atoms with E-state index in [2.05, 4.69) is 0 Å². The molecule has 1 unspecified atom stereocenters. The number of carbonyl (C=O) groups is 2. The van der Waals surface area contributed by atoms with E-state index in [1.165, 1.54) is 0 Å². The first-order chi connectivity index (χ1) is 10.5. The normalized spacial score (nSPS) is 17.0. The fourth-order valence-electron chi connectivity index (χ4n) is 2.56. The zero-order chi connectivity index (χ0) is 16.1. The summed E-state index contributed by atoms with van der Waals surface area (Å²) < 4.78 is 0. The summed E-state index contributed by atoms with van der Waals surface area (Å²) in [5.74, 6) is -0.140. The molecule has 1 aromatic carbocycles. The Morgan fingerprint density at radius 3 is 2.59 bits per heavy atom. The van der Waals surface area contributed by atoms with Gasteiger partial charge in [0.25, 0.3) is 5.91 Å². The van der Waals surface area contributed by atoms with Gasteiger partial charge >= 0.3 is 0 Å². The Labute approximate surface area is 136 Å². The van der Waals surface area contributed by atoms with Gasteiger partial charge < -0.3 is 15.5 Å². The van der Waals surface area contributed by atoms with Crippen LogP contribution in [0.4, 0.5) is 0 Å². The molecular weight excluding hydrogens is 302 g/mol. The number of hydrogen-bond acceptors (Lipinski definition) is 3. The molecule has 1 atom stereocenters. The molecule has 1 heterocycles. The van der Waals surface area contributed by atoms with Crippen LogP contribution in [-0.4, -0.2) is 54.3 Å². The Bertz CT molecular complexity index is 550. The SMILES string of the molecule is CC(CN)C(=O)N1CCCN(C(=O)c2cccc(Cl)c2)CC1. The molecule has 0 radical (unpaired) electrons. The van der Waals surface area contributed by atoms with Crippen LogP contribution in [0, 0.1) is 5.92 Å². The highest BCUT2D eigenvalue weighted by Crippen LogP contribution is 2.15. The van der Waals surface area contributed by atoms with E-state index in [0.717, 1.165) is 6.42 Å². The van der Waals surface area contributed by atoms with E-state index in [-0.39, 0.29) is 17.7 Å². The first-order valence-corrected chi connectivity index (χ1v) is 7.94. The molecular formula is C16H22ClN3O2. The van der Waals surface area contributed by atoms with E-state index < -0.39 is 0 Å². The second-order valence-corrected chi connectivity index (χ2v) is 6.05. The van der Waals surface area contributed by atoms with Gasteiger partial charge in [-0.25, -0.2) is 0 Å². The third-order valence-corrected chi connectivity index (χ3v) is 4.18. The fourth-order valence-corrected chi connectivity index (χ4v) is 2.75. The lowest BCUT2D eigenvalue weighted by Crippen LogP contribution is -2.41. The Morgan fingerprint density at radius 2 is 1.91 bits per heavy atom. The van der Waals surface area contributed by atoms with Crippen LogP contribution in [0.2, 0.25) is 5.02 Å². The molecule has 0 bridgehead atoms. The zero-order valence-electron chi connectivity index (χ0n) is 12.8. The summed E-state index contributed by atoms with van der Waals surface area (Å²) in [4.78, 5) is 28.3. The standard InChI is InChI=1S/C16H22ClN3O2/c1-12(11-18)15(21)19-6-3-7-20(9-8-19)16(22)13-4-2-5-14(17)10-13/h2,4-5,10,12H,3,6-9,11,18H2,1H3. The first kappa shape index (κ1) is 16.8. The third-order valence-electron chi connectivity index (χ3n) is 3.94. The Morgan fingerprint density at radius 1 is 1.23 bits per heavy atom. The Kier molecular flexibility index (Phi) is 5.80. The quantitative estimate of drug-likeness (QED) is 0.919. The van der Waals surface area contributed by atoms with Gasteiger partial charge in [-0.15, -0.1) is 0 Å². The van der Waals surface area contributed by atoms with Crippen molar-refractivity contribution in [2.45, 2.75) is 13.3 Å². The lowest BCUT2D eigenvalue weighted by atomic mass is 10.1. The second kappa shape index (κ2) is 7.61. The maximum Gasteiger partial charge on any atom is 0.253 e. The molecule has 2 amide bonds. The smallest absolute Gasteiger partial charge is 0.253 e. The predicted octanol–water partition coefficient (Wildman–Crippen LogP) is 1.61. The number of nitrogens with zero attached hydrogens (tertiary/aromatic N) is 2. The lowest BCUT2D eigenvalue weighted by molar-refractivity contribution is -0.134. The average molecular weight is 324 g/mol. The molecule has 0 spiro atoms. The third kappa shape index (κ3) is 3.99. The predicted molar refractivity (Wildman–Crippen MR) is 86.8 cm³/mol. The molecule has 1 aliphatic heterocycles. The first-order valence-electron chi connectivity index (χ1n) is 7.56. The van der Waals surface area contributed by atoms with Crippen LogP contribution >= 0.6 is 11.6 Å². The van der Waals surface area contributed by atoms with E-state index in [4.69, 9.17) is 17.3 Å². The molecule has 1 aliphatic rings. The highest BCUT2D eigenvalue weighted by molar-refractivity contribution is 6.30. The number of nitrogens with two attached hydrogens (primary N) is 1. The van der Waals surface area contributed by atoms with E-state index in [1.54, 1.807) is 29.2 Å². The molecule has 2 N–H and O–H groups in total. The molecule has 5 nitrogen and oxygen atoms in total. The van der Waals surface area contributed by atoms with Crippen molar-refractivity contribution in [3.8, 4) is 0 Å². The van der Waals surface area contributed by atoms with Crippen LogP contribution in [0.5, 0.6) is 0 Å². The van der Waals surface area contributed by atoms with Gasteiger partial charge in [0, 0.05) is 49.2 Å². The topological polar surface area (TPSA) is 66.6 Å². The molecule has 1 saturated heterocycles. The number of hydrogen-bond donors (Lipinski definition) is 1. The summed E-state index contributed by atoms with van der Waals surface area (Å²) >= 11 is 5.94. The number of rotatable bonds is 3. The summed E-state index contributed by atoms with van der Waals surface area (Å²) in [6, 6.07) is 6.95. The van der Waals surface area contributed by atoms with Crippen molar-refractivity contribution in [2.24, 2.45) is 11.7 Å². The van der Waals surface area contributed by atoms with E-state index in [0.29, 0.717) is 43.3 Å². The van der Waals surface area contributed by atoms with Crippen LogP contribution in [0.25, 0.3) is 0 Å². The van der Waals surface area contributed by atoms with Crippen molar-refractivity contribution < 1.29 is 9.59 Å². The molecule has 0 aliphatic carbocycles. The number of halogens is 1. The van der Waals surface area contributed by atoms with E-state index >= 15 is 0 Å². The van der Waals surface area contributed by atoms with Gasteiger partial charge in [-0.05, 0) is 24.6 Å².